The smallest absolute Gasteiger partial charge is 0 e. The second-order valence-corrected chi connectivity index (χ2v) is 5.58. The van der Waals surface area contributed by atoms with Crippen LogP contribution in [0.15, 0.2) is 30.3 Å². The van der Waals surface area contributed by atoms with E-state index in [2.05, 4.69) is 42.2 Å². The van der Waals surface area contributed by atoms with E-state index in [-0.39, 0.29) is 32.7 Å². The Kier molecular flexibility index (Phi) is 9.19. The summed E-state index contributed by atoms with van der Waals surface area (Å²) in [5, 5.41) is 0. The Bertz CT molecular complexity index is 317. The normalized spacial score (nSPS) is 17.1. The number of unbranched alkanes of at least 4 members (excludes halogenated alkanes) is 2. The molecule has 0 atom stereocenters. The minimum Gasteiger partial charge on any atom is -0.340 e. The predicted molar refractivity (Wildman–Crippen MR) is 78.5 cm³/mol. The molecular formula is C17H26NY-. The molecule has 0 bridgehead atoms. The molecule has 19 heavy (non-hydrogen) atoms. The van der Waals surface area contributed by atoms with E-state index in [0.717, 1.165) is 0 Å². The minimum atomic E-state index is 0. The van der Waals surface area contributed by atoms with Crippen molar-refractivity contribution in [3.8, 4) is 0 Å². The number of hydrogen-bond acceptors (Lipinski definition) is 1. The quantitative estimate of drug-likeness (QED) is 0.563. The van der Waals surface area contributed by atoms with Crippen molar-refractivity contribution in [1.29, 1.82) is 0 Å². The van der Waals surface area contributed by atoms with Gasteiger partial charge in [-0.05, 0) is 44.5 Å². The van der Waals surface area contributed by atoms with Gasteiger partial charge in [0.1, 0.15) is 0 Å². The van der Waals surface area contributed by atoms with Gasteiger partial charge in [-0.3, -0.25) is 0 Å². The van der Waals surface area contributed by atoms with E-state index in [0.29, 0.717) is 5.92 Å². The van der Waals surface area contributed by atoms with Gasteiger partial charge in [0.15, 0.2) is 0 Å². The van der Waals surface area contributed by atoms with Crippen LogP contribution in [0.3, 0.4) is 0 Å². The van der Waals surface area contributed by atoms with E-state index >= 15 is 0 Å². The van der Waals surface area contributed by atoms with Gasteiger partial charge >= 0.3 is 0 Å². The number of benzene rings is 1. The number of nitrogens with zero attached hydrogens (tertiary/aromatic N) is 1. The summed E-state index contributed by atoms with van der Waals surface area (Å²) < 4.78 is 0. The van der Waals surface area contributed by atoms with Crippen LogP contribution in [-0.4, -0.2) is 24.5 Å². The van der Waals surface area contributed by atoms with Crippen LogP contribution in [0.25, 0.3) is 0 Å². The Morgan fingerprint density at radius 1 is 1.00 bits per heavy atom. The number of hydrogen-bond donors (Lipinski definition) is 0. The van der Waals surface area contributed by atoms with Crippen LogP contribution in [0.1, 0.15) is 37.7 Å². The molecule has 1 heterocycles. The first-order chi connectivity index (χ1) is 8.84. The van der Waals surface area contributed by atoms with Crippen LogP contribution in [-0.2, 0) is 39.1 Å². The number of aryl methyl sites for hydroxylation is 1. The summed E-state index contributed by atoms with van der Waals surface area (Å²) in [5.74, 6) is 0.708. The molecule has 1 fully saturated rings. The van der Waals surface area contributed by atoms with E-state index in [9.17, 15) is 0 Å². The molecule has 2 rings (SSSR count). The Morgan fingerprint density at radius 3 is 2.37 bits per heavy atom. The monoisotopic (exact) mass is 333 g/mol. The molecule has 1 radical (unpaired) electrons. The number of rotatable bonds is 6. The molecule has 1 nitrogen and oxygen atoms in total. The fourth-order valence-corrected chi connectivity index (χ4v) is 2.70. The topological polar surface area (TPSA) is 3.24 Å². The maximum absolute atomic E-state index is 4.15. The van der Waals surface area contributed by atoms with E-state index in [1.54, 1.807) is 0 Å². The van der Waals surface area contributed by atoms with Crippen LogP contribution < -0.4 is 0 Å². The molecule has 0 N–H and O–H groups in total. The molecule has 1 saturated heterocycles. The third-order valence-corrected chi connectivity index (χ3v) is 3.99. The van der Waals surface area contributed by atoms with Crippen molar-refractivity contribution in [2.24, 2.45) is 5.92 Å². The Labute approximate surface area is 144 Å². The Balaban J connectivity index is 0.00000180. The van der Waals surface area contributed by atoms with Crippen molar-refractivity contribution in [3.05, 3.63) is 42.8 Å². The van der Waals surface area contributed by atoms with E-state index < -0.39 is 0 Å². The first-order valence-corrected chi connectivity index (χ1v) is 7.44. The van der Waals surface area contributed by atoms with Crippen molar-refractivity contribution in [3.63, 3.8) is 0 Å². The van der Waals surface area contributed by atoms with E-state index in [1.807, 2.05) is 0 Å². The molecule has 0 aromatic heterocycles. The Morgan fingerprint density at radius 2 is 1.68 bits per heavy atom. The van der Waals surface area contributed by atoms with Gasteiger partial charge in [0.05, 0.1) is 0 Å². The molecule has 103 valence electrons. The van der Waals surface area contributed by atoms with Crippen LogP contribution in [0.5, 0.6) is 0 Å². The molecule has 0 spiro atoms. The fraction of sp³-hybridized carbons (Fsp3) is 0.588. The number of piperidine rings is 1. The molecule has 1 aromatic rings. The van der Waals surface area contributed by atoms with Gasteiger partial charge < -0.3 is 11.8 Å². The summed E-state index contributed by atoms with van der Waals surface area (Å²) >= 11 is 0. The van der Waals surface area contributed by atoms with Gasteiger partial charge in [0.25, 0.3) is 0 Å². The second kappa shape index (κ2) is 10.1. The predicted octanol–water partition coefficient (Wildman–Crippen LogP) is 3.94. The van der Waals surface area contributed by atoms with Crippen LogP contribution >= 0.6 is 0 Å². The molecule has 1 aromatic carbocycles. The third kappa shape index (κ3) is 7.02. The summed E-state index contributed by atoms with van der Waals surface area (Å²) in [5.41, 5.74) is 1.48. The maximum Gasteiger partial charge on any atom is 0 e. The average molecular weight is 333 g/mol. The minimum absolute atomic E-state index is 0. The van der Waals surface area contributed by atoms with Crippen molar-refractivity contribution in [1.82, 2.24) is 4.90 Å². The van der Waals surface area contributed by atoms with Crippen molar-refractivity contribution < 1.29 is 32.7 Å². The SMILES string of the molecule is [CH2-]C1CCN(CCCCCc2ccccc2)CC1.[Y]. The Hall–Kier alpha value is 0.284. The first-order valence-electron chi connectivity index (χ1n) is 7.44. The number of likely N-dealkylation sites (tertiary alicyclic amines) is 1. The fourth-order valence-electron chi connectivity index (χ4n) is 2.70. The standard InChI is InChI=1S/C17H26N.Y/c1-16-11-14-18(15-12-16)13-7-3-6-10-17-8-4-2-5-9-17;/h2,4-5,8-9,16H,1,3,6-7,10-15H2;/q-1;. The zero-order valence-electron chi connectivity index (χ0n) is 12.1. The summed E-state index contributed by atoms with van der Waals surface area (Å²) in [6.45, 7) is 7.98. The zero-order chi connectivity index (χ0) is 12.6. The van der Waals surface area contributed by atoms with Gasteiger partial charge in [-0.2, -0.15) is 5.92 Å². The average Bonchev–Trinajstić information content (AvgIpc) is 2.42. The van der Waals surface area contributed by atoms with Crippen molar-refractivity contribution >= 4 is 0 Å². The van der Waals surface area contributed by atoms with E-state index in [1.165, 1.54) is 63.7 Å². The molecule has 1 aliphatic heterocycles. The van der Waals surface area contributed by atoms with Crippen LogP contribution in [0.2, 0.25) is 0 Å². The summed E-state index contributed by atoms with van der Waals surface area (Å²) in [6, 6.07) is 10.8. The summed E-state index contributed by atoms with van der Waals surface area (Å²) in [6.07, 6.45) is 7.87. The molecule has 2 heteroatoms. The summed E-state index contributed by atoms with van der Waals surface area (Å²) in [4.78, 5) is 2.62. The molecule has 0 aliphatic carbocycles. The zero-order valence-corrected chi connectivity index (χ0v) is 14.9. The first kappa shape index (κ1) is 17.3. The van der Waals surface area contributed by atoms with Gasteiger partial charge in [0, 0.05) is 32.7 Å². The maximum atomic E-state index is 4.15. The van der Waals surface area contributed by atoms with Gasteiger partial charge in [-0.1, -0.05) is 49.6 Å². The molecular weight excluding hydrogens is 307 g/mol. The molecule has 0 unspecified atom stereocenters. The van der Waals surface area contributed by atoms with Gasteiger partial charge in [-0.25, -0.2) is 0 Å². The largest absolute Gasteiger partial charge is 0.340 e. The van der Waals surface area contributed by atoms with Gasteiger partial charge in [-0.15, -0.1) is 0 Å². The third-order valence-electron chi connectivity index (χ3n) is 3.99. The van der Waals surface area contributed by atoms with Crippen LogP contribution in [0, 0.1) is 12.8 Å². The van der Waals surface area contributed by atoms with Crippen molar-refractivity contribution in [2.75, 3.05) is 19.6 Å². The molecule has 0 amide bonds. The van der Waals surface area contributed by atoms with Gasteiger partial charge in [0.2, 0.25) is 0 Å². The molecule has 0 saturated carbocycles. The van der Waals surface area contributed by atoms with Crippen LogP contribution in [0.4, 0.5) is 0 Å². The second-order valence-electron chi connectivity index (χ2n) is 5.58. The molecule has 1 aliphatic rings. The van der Waals surface area contributed by atoms with Crippen molar-refractivity contribution in [2.45, 2.75) is 38.5 Å². The summed E-state index contributed by atoms with van der Waals surface area (Å²) in [7, 11) is 0. The van der Waals surface area contributed by atoms with E-state index in [4.69, 9.17) is 0 Å².